The first-order valence-electron chi connectivity index (χ1n) is 6.68. The van der Waals surface area contributed by atoms with Crippen molar-refractivity contribution < 1.29 is 9.90 Å². The molecule has 1 amide bonds. The van der Waals surface area contributed by atoms with Gasteiger partial charge >= 0.3 is 0 Å². The van der Waals surface area contributed by atoms with Crippen molar-refractivity contribution in [3.8, 4) is 0 Å². The summed E-state index contributed by atoms with van der Waals surface area (Å²) >= 11 is 5.96. The molecule has 0 spiro atoms. The Morgan fingerprint density at radius 3 is 2.55 bits per heavy atom. The number of carbonyl (C=O) groups excluding carboxylic acids is 1. The third-order valence-corrected chi connectivity index (χ3v) is 3.62. The molecule has 20 heavy (non-hydrogen) atoms. The van der Waals surface area contributed by atoms with Gasteiger partial charge in [0.15, 0.2) is 0 Å². The number of rotatable bonds is 5. The van der Waals surface area contributed by atoms with E-state index in [1.165, 1.54) is 6.20 Å². The molecule has 0 aliphatic rings. The van der Waals surface area contributed by atoms with Crippen LogP contribution in [-0.4, -0.2) is 33.1 Å². The zero-order chi connectivity index (χ0) is 15.5. The highest BCUT2D eigenvalue weighted by atomic mass is 35.5. The molecule has 1 heterocycles. The lowest BCUT2D eigenvalue weighted by atomic mass is 9.92. The lowest BCUT2D eigenvalue weighted by Crippen LogP contribution is -2.44. The summed E-state index contributed by atoms with van der Waals surface area (Å²) in [6.45, 7) is 9.48. The molecule has 0 saturated heterocycles. The third-order valence-electron chi connectivity index (χ3n) is 3.34. The Bertz CT molecular complexity index is 487. The Labute approximate surface area is 124 Å². The van der Waals surface area contributed by atoms with Crippen molar-refractivity contribution in [2.24, 2.45) is 5.92 Å². The highest BCUT2D eigenvalue weighted by molar-refractivity contribution is 6.33. The molecule has 0 aliphatic heterocycles. The van der Waals surface area contributed by atoms with E-state index in [9.17, 15) is 9.90 Å². The van der Waals surface area contributed by atoms with Gasteiger partial charge in [-0.05, 0) is 12.8 Å². The van der Waals surface area contributed by atoms with Crippen LogP contribution < -0.4 is 5.32 Å². The Morgan fingerprint density at radius 2 is 2.05 bits per heavy atom. The van der Waals surface area contributed by atoms with E-state index in [4.69, 9.17) is 11.6 Å². The molecule has 0 bridgehead atoms. The van der Waals surface area contributed by atoms with Gasteiger partial charge in [-0.2, -0.15) is 0 Å². The molecule has 0 aliphatic carbocycles. The van der Waals surface area contributed by atoms with Gasteiger partial charge in [0.1, 0.15) is 11.5 Å². The van der Waals surface area contributed by atoms with Crippen LogP contribution in [0.25, 0.3) is 0 Å². The monoisotopic (exact) mass is 299 g/mol. The number of nitrogens with zero attached hydrogens (tertiary/aromatic N) is 2. The summed E-state index contributed by atoms with van der Waals surface area (Å²) in [7, 11) is 0. The largest absolute Gasteiger partial charge is 0.388 e. The average molecular weight is 300 g/mol. The molecule has 1 unspecified atom stereocenters. The van der Waals surface area contributed by atoms with Crippen molar-refractivity contribution in [3.63, 3.8) is 0 Å². The molecule has 112 valence electrons. The fourth-order valence-electron chi connectivity index (χ4n) is 1.37. The zero-order valence-electron chi connectivity index (χ0n) is 12.6. The Morgan fingerprint density at radius 1 is 1.45 bits per heavy atom. The minimum absolute atomic E-state index is 0.0231. The summed E-state index contributed by atoms with van der Waals surface area (Å²) in [5.41, 5.74) is -0.833. The van der Waals surface area contributed by atoms with Crippen LogP contribution in [0.5, 0.6) is 0 Å². The van der Waals surface area contributed by atoms with Gasteiger partial charge in [0, 0.05) is 12.5 Å². The molecule has 2 N–H and O–H groups in total. The van der Waals surface area contributed by atoms with E-state index < -0.39 is 11.5 Å². The molecule has 1 aromatic heterocycles. The normalized spacial score (nSPS) is 14.4. The Balaban J connectivity index is 2.85. The number of hydrogen-bond acceptors (Lipinski definition) is 4. The number of aliphatic hydroxyl groups is 1. The maximum absolute atomic E-state index is 12.1. The number of hydrogen-bond donors (Lipinski definition) is 2. The molecule has 6 heteroatoms. The van der Waals surface area contributed by atoms with Gasteiger partial charge in [-0.3, -0.25) is 4.79 Å². The lowest BCUT2D eigenvalue weighted by molar-refractivity contribution is 0.0142. The second kappa shape index (κ2) is 6.50. The average Bonchev–Trinajstić information content (AvgIpc) is 2.36. The standard InChI is InChI=1S/C14H22ClN3O2/c1-8(2)12-16-6-10(15)11(18-12)13(19)17-7-14(5,20)9(3)4/h6,8-9,20H,7H2,1-5H3,(H,17,19). The van der Waals surface area contributed by atoms with Gasteiger partial charge in [-0.1, -0.05) is 39.3 Å². The van der Waals surface area contributed by atoms with Crippen molar-refractivity contribution in [2.45, 2.75) is 46.1 Å². The summed E-state index contributed by atoms with van der Waals surface area (Å²) in [5.74, 6) is 0.294. The molecule has 0 saturated carbocycles. The lowest BCUT2D eigenvalue weighted by Gasteiger charge is -2.27. The van der Waals surface area contributed by atoms with Gasteiger partial charge in [-0.25, -0.2) is 9.97 Å². The topological polar surface area (TPSA) is 75.1 Å². The van der Waals surface area contributed by atoms with E-state index in [-0.39, 0.29) is 29.1 Å². The van der Waals surface area contributed by atoms with E-state index in [2.05, 4.69) is 15.3 Å². The summed E-state index contributed by atoms with van der Waals surface area (Å²) in [4.78, 5) is 20.4. The summed E-state index contributed by atoms with van der Waals surface area (Å²) in [6, 6.07) is 0. The number of carbonyl (C=O) groups is 1. The number of aromatic nitrogens is 2. The predicted octanol–water partition coefficient (Wildman–Crippen LogP) is 2.39. The fraction of sp³-hybridized carbons (Fsp3) is 0.643. The van der Waals surface area contributed by atoms with Crippen LogP contribution in [0.15, 0.2) is 6.20 Å². The van der Waals surface area contributed by atoms with E-state index in [1.54, 1.807) is 6.92 Å². The van der Waals surface area contributed by atoms with Gasteiger partial charge < -0.3 is 10.4 Å². The minimum atomic E-state index is -0.976. The van der Waals surface area contributed by atoms with Crippen molar-refractivity contribution >= 4 is 17.5 Å². The van der Waals surface area contributed by atoms with E-state index in [0.29, 0.717) is 5.82 Å². The van der Waals surface area contributed by atoms with Gasteiger partial charge in [-0.15, -0.1) is 0 Å². The summed E-state index contributed by atoms with van der Waals surface area (Å²) in [6.07, 6.45) is 1.43. The minimum Gasteiger partial charge on any atom is -0.388 e. The molecule has 5 nitrogen and oxygen atoms in total. The summed E-state index contributed by atoms with van der Waals surface area (Å²) in [5, 5.41) is 13.0. The quantitative estimate of drug-likeness (QED) is 0.875. The molecule has 1 aromatic rings. The fourth-order valence-corrected chi connectivity index (χ4v) is 1.54. The summed E-state index contributed by atoms with van der Waals surface area (Å²) < 4.78 is 0. The van der Waals surface area contributed by atoms with Crippen LogP contribution in [0.2, 0.25) is 5.02 Å². The predicted molar refractivity (Wildman–Crippen MR) is 78.9 cm³/mol. The van der Waals surface area contributed by atoms with E-state index in [1.807, 2.05) is 27.7 Å². The third kappa shape index (κ3) is 4.15. The Kier molecular flexibility index (Phi) is 5.48. The van der Waals surface area contributed by atoms with Crippen LogP contribution in [0, 0.1) is 5.92 Å². The first-order valence-corrected chi connectivity index (χ1v) is 7.06. The van der Waals surface area contributed by atoms with Gasteiger partial charge in [0.05, 0.1) is 16.8 Å². The first-order chi connectivity index (χ1) is 9.15. The van der Waals surface area contributed by atoms with Crippen molar-refractivity contribution in [2.75, 3.05) is 6.54 Å². The first kappa shape index (κ1) is 16.9. The van der Waals surface area contributed by atoms with Gasteiger partial charge in [0.2, 0.25) is 0 Å². The van der Waals surface area contributed by atoms with Crippen LogP contribution in [-0.2, 0) is 0 Å². The second-order valence-corrected chi connectivity index (χ2v) is 6.18. The highest BCUT2D eigenvalue weighted by Crippen LogP contribution is 2.18. The number of halogens is 1. The van der Waals surface area contributed by atoms with Gasteiger partial charge in [0.25, 0.3) is 5.91 Å². The van der Waals surface area contributed by atoms with Crippen LogP contribution in [0.4, 0.5) is 0 Å². The molecule has 0 fully saturated rings. The van der Waals surface area contributed by atoms with E-state index >= 15 is 0 Å². The molecule has 1 rings (SSSR count). The van der Waals surface area contributed by atoms with E-state index in [0.717, 1.165) is 0 Å². The highest BCUT2D eigenvalue weighted by Gasteiger charge is 2.26. The van der Waals surface area contributed by atoms with Crippen LogP contribution >= 0.6 is 11.6 Å². The Hall–Kier alpha value is -1.20. The van der Waals surface area contributed by atoms with Crippen molar-refractivity contribution in [1.29, 1.82) is 0 Å². The molecule has 0 radical (unpaired) electrons. The maximum Gasteiger partial charge on any atom is 0.271 e. The van der Waals surface area contributed by atoms with Crippen molar-refractivity contribution in [3.05, 3.63) is 22.7 Å². The molecule has 0 aromatic carbocycles. The van der Waals surface area contributed by atoms with Crippen LogP contribution in [0.1, 0.15) is 56.8 Å². The zero-order valence-corrected chi connectivity index (χ0v) is 13.3. The van der Waals surface area contributed by atoms with Crippen LogP contribution in [0.3, 0.4) is 0 Å². The second-order valence-electron chi connectivity index (χ2n) is 5.77. The van der Waals surface area contributed by atoms with Crippen molar-refractivity contribution in [1.82, 2.24) is 15.3 Å². The smallest absolute Gasteiger partial charge is 0.271 e. The SMILES string of the molecule is CC(C)c1ncc(Cl)c(C(=O)NCC(C)(O)C(C)C)n1. The molecular weight excluding hydrogens is 278 g/mol. The number of nitrogens with one attached hydrogen (secondary N) is 1. The molecular formula is C14H22ClN3O2. The maximum atomic E-state index is 12.1. The number of amides is 1. The molecule has 1 atom stereocenters.